The highest BCUT2D eigenvalue weighted by Crippen LogP contribution is 2.54. The van der Waals surface area contributed by atoms with Gasteiger partial charge in [-0.2, -0.15) is 0 Å². The summed E-state index contributed by atoms with van der Waals surface area (Å²) in [6.45, 7) is 1.87. The van der Waals surface area contributed by atoms with Crippen LogP contribution in [0.2, 0.25) is 0 Å². The molecular formula is C30H39N3O3. The van der Waals surface area contributed by atoms with Gasteiger partial charge in [0.25, 0.3) is 0 Å². The van der Waals surface area contributed by atoms with Crippen molar-refractivity contribution >= 4 is 22.9 Å². The third-order valence-corrected chi connectivity index (χ3v) is 10.5. The molecule has 0 radical (unpaired) electrons. The number of carbonyl (C=O) groups is 2. The van der Waals surface area contributed by atoms with E-state index in [2.05, 4.69) is 21.7 Å². The predicted molar refractivity (Wildman–Crippen MR) is 138 cm³/mol. The van der Waals surface area contributed by atoms with Crippen LogP contribution in [0.25, 0.3) is 10.9 Å². The van der Waals surface area contributed by atoms with Gasteiger partial charge >= 0.3 is 6.09 Å². The summed E-state index contributed by atoms with van der Waals surface area (Å²) in [6, 6.07) is 8.35. The lowest BCUT2D eigenvalue weighted by Gasteiger charge is -2.53. The summed E-state index contributed by atoms with van der Waals surface area (Å²) < 4.78 is 6.16. The van der Waals surface area contributed by atoms with E-state index < -0.39 is 11.6 Å². The van der Waals surface area contributed by atoms with E-state index in [0.29, 0.717) is 24.2 Å². The van der Waals surface area contributed by atoms with E-state index in [1.165, 1.54) is 51.4 Å². The number of amides is 2. The van der Waals surface area contributed by atoms with Crippen LogP contribution in [0.3, 0.4) is 0 Å². The molecule has 1 heterocycles. The van der Waals surface area contributed by atoms with E-state index >= 15 is 0 Å². The summed E-state index contributed by atoms with van der Waals surface area (Å²) in [7, 11) is 0. The van der Waals surface area contributed by atoms with Gasteiger partial charge in [-0.05, 0) is 105 Å². The number of fused-ring (bicyclic) bond motifs is 3. The fraction of sp³-hybridized carbons (Fsp3) is 0.667. The van der Waals surface area contributed by atoms with Gasteiger partial charge in [0.1, 0.15) is 11.6 Å². The molecule has 8 rings (SSSR count). The summed E-state index contributed by atoms with van der Waals surface area (Å²) in [5.41, 5.74) is 0.987. The highest BCUT2D eigenvalue weighted by Gasteiger charge is 2.50. The van der Waals surface area contributed by atoms with Gasteiger partial charge in [-0.15, -0.1) is 0 Å². The number of aromatic nitrogens is 1. The Bertz CT molecular complexity index is 1150. The van der Waals surface area contributed by atoms with Gasteiger partial charge in [0.05, 0.1) is 0 Å². The minimum Gasteiger partial charge on any atom is -0.446 e. The first-order chi connectivity index (χ1) is 17.4. The summed E-state index contributed by atoms with van der Waals surface area (Å²) in [6.07, 6.45) is 12.9. The van der Waals surface area contributed by atoms with Crippen molar-refractivity contribution in [1.82, 2.24) is 15.6 Å². The van der Waals surface area contributed by atoms with Crippen LogP contribution in [0.5, 0.6) is 0 Å². The number of aromatic amines is 1. The fourth-order valence-corrected chi connectivity index (χ4v) is 9.04. The number of H-pyrrole nitrogens is 1. The summed E-state index contributed by atoms with van der Waals surface area (Å²) in [5.74, 6) is 3.88. The van der Waals surface area contributed by atoms with Crippen molar-refractivity contribution in [3.63, 3.8) is 0 Å². The molecule has 192 valence electrons. The normalized spacial score (nSPS) is 37.7. The Kier molecular flexibility index (Phi) is 5.37. The van der Waals surface area contributed by atoms with Crippen molar-refractivity contribution in [1.29, 1.82) is 0 Å². The molecule has 36 heavy (non-hydrogen) atoms. The zero-order chi connectivity index (χ0) is 24.4. The lowest BCUT2D eigenvalue weighted by Crippen LogP contribution is -2.61. The second-order valence-corrected chi connectivity index (χ2v) is 13.0. The smallest absolute Gasteiger partial charge is 0.408 e. The molecule has 6 bridgehead atoms. The van der Waals surface area contributed by atoms with Crippen molar-refractivity contribution in [2.45, 2.75) is 88.8 Å². The first-order valence-electron chi connectivity index (χ1n) is 14.3. The van der Waals surface area contributed by atoms with E-state index in [4.69, 9.17) is 4.74 Å². The van der Waals surface area contributed by atoms with Crippen LogP contribution in [0, 0.1) is 35.5 Å². The molecule has 2 amide bonds. The first-order valence-corrected chi connectivity index (χ1v) is 14.3. The van der Waals surface area contributed by atoms with Crippen LogP contribution in [0.4, 0.5) is 4.79 Å². The molecule has 0 saturated heterocycles. The molecule has 6 nitrogen and oxygen atoms in total. The third-order valence-electron chi connectivity index (χ3n) is 10.5. The Morgan fingerprint density at radius 2 is 1.67 bits per heavy atom. The number of rotatable bonds is 6. The molecule has 6 aliphatic carbocycles. The van der Waals surface area contributed by atoms with Gasteiger partial charge in [-0.3, -0.25) is 4.79 Å². The number of hydrogen-bond acceptors (Lipinski definition) is 3. The lowest BCUT2D eigenvalue weighted by atomic mass is 9.55. The number of ether oxygens (including phenoxy) is 1. The zero-order valence-electron chi connectivity index (χ0n) is 21.3. The Labute approximate surface area is 213 Å². The van der Waals surface area contributed by atoms with Gasteiger partial charge in [0, 0.05) is 29.6 Å². The number of nitrogens with one attached hydrogen (secondary N) is 3. The second kappa shape index (κ2) is 8.53. The first kappa shape index (κ1) is 22.7. The molecule has 1 aromatic heterocycles. The standard InChI is InChI=1S/C30H39N3O3/c1-30(15-23-16-31-25-5-3-2-4-24(23)25,28(34)32-26-14-17-6-7-20(26)9-17)33-29(35)36-27-21-10-18-8-19(12-21)13-22(27)11-18/h2-5,16-22,26-27,31H,6-15H2,1H3,(H,32,34)(H,33,35)/t17-,18?,19?,20+,21?,22?,26-,27?,30-/m1/s1. The number of benzene rings is 1. The number of hydrogen-bond donors (Lipinski definition) is 3. The van der Waals surface area contributed by atoms with Crippen LogP contribution in [0.15, 0.2) is 30.5 Å². The molecule has 3 N–H and O–H groups in total. The van der Waals surface area contributed by atoms with Gasteiger partial charge in [0.2, 0.25) is 5.91 Å². The largest absolute Gasteiger partial charge is 0.446 e. The molecule has 2 aromatic rings. The molecule has 0 aliphatic heterocycles. The number of alkyl carbamates (subject to hydrolysis) is 1. The van der Waals surface area contributed by atoms with E-state index in [1.807, 2.05) is 31.3 Å². The molecule has 1 aromatic carbocycles. The molecule has 4 atom stereocenters. The minimum absolute atomic E-state index is 0.00349. The van der Waals surface area contributed by atoms with Gasteiger partial charge in [-0.1, -0.05) is 24.6 Å². The Morgan fingerprint density at radius 1 is 0.944 bits per heavy atom. The third kappa shape index (κ3) is 3.92. The summed E-state index contributed by atoms with van der Waals surface area (Å²) in [4.78, 5) is 30.6. The maximum atomic E-state index is 13.8. The Morgan fingerprint density at radius 3 is 2.36 bits per heavy atom. The number of para-hydroxylation sites is 1. The van der Waals surface area contributed by atoms with Crippen molar-refractivity contribution in [2.75, 3.05) is 0 Å². The quantitative estimate of drug-likeness (QED) is 0.513. The SMILES string of the molecule is C[C@](Cc1c[nH]c2ccccc12)(NC(=O)OC1C2CC3CC(C2)CC1C3)C(=O)N[C@@H]1C[C@@H]2CC[C@H]1C2. The van der Waals surface area contributed by atoms with Gasteiger partial charge < -0.3 is 20.4 Å². The topological polar surface area (TPSA) is 83.2 Å². The van der Waals surface area contributed by atoms with Crippen molar-refractivity contribution in [2.24, 2.45) is 35.5 Å². The lowest BCUT2D eigenvalue weighted by molar-refractivity contribution is -0.128. The average molecular weight is 490 g/mol. The summed E-state index contributed by atoms with van der Waals surface area (Å²) in [5, 5.41) is 7.53. The molecule has 6 heteroatoms. The fourth-order valence-electron chi connectivity index (χ4n) is 9.04. The van der Waals surface area contributed by atoms with Crippen molar-refractivity contribution < 1.29 is 14.3 Å². The van der Waals surface area contributed by atoms with E-state index in [0.717, 1.165) is 40.6 Å². The van der Waals surface area contributed by atoms with Crippen LogP contribution >= 0.6 is 0 Å². The molecule has 6 fully saturated rings. The second-order valence-electron chi connectivity index (χ2n) is 13.0. The summed E-state index contributed by atoms with van der Waals surface area (Å²) >= 11 is 0. The van der Waals surface area contributed by atoms with E-state index in [1.54, 1.807) is 0 Å². The maximum Gasteiger partial charge on any atom is 0.408 e. The van der Waals surface area contributed by atoms with Gasteiger partial charge in [0.15, 0.2) is 0 Å². The van der Waals surface area contributed by atoms with Crippen molar-refractivity contribution in [3.05, 3.63) is 36.0 Å². The maximum absolute atomic E-state index is 13.8. The highest BCUT2D eigenvalue weighted by molar-refractivity contribution is 5.91. The van der Waals surface area contributed by atoms with E-state index in [-0.39, 0.29) is 18.1 Å². The van der Waals surface area contributed by atoms with Crippen LogP contribution in [0.1, 0.15) is 70.3 Å². The Balaban J connectivity index is 1.10. The predicted octanol–water partition coefficient (Wildman–Crippen LogP) is 5.32. The molecule has 0 spiro atoms. The monoisotopic (exact) mass is 489 g/mol. The van der Waals surface area contributed by atoms with Crippen LogP contribution in [-0.2, 0) is 16.0 Å². The molecule has 0 unspecified atom stereocenters. The Hall–Kier alpha value is -2.50. The van der Waals surface area contributed by atoms with E-state index in [9.17, 15) is 9.59 Å². The molecule has 6 aliphatic rings. The number of carbonyl (C=O) groups excluding carboxylic acids is 2. The van der Waals surface area contributed by atoms with Crippen LogP contribution in [-0.4, -0.2) is 34.7 Å². The average Bonchev–Trinajstić information content (AvgIpc) is 3.57. The van der Waals surface area contributed by atoms with Crippen molar-refractivity contribution in [3.8, 4) is 0 Å². The minimum atomic E-state index is -1.09. The zero-order valence-corrected chi connectivity index (χ0v) is 21.3. The van der Waals surface area contributed by atoms with Gasteiger partial charge in [-0.25, -0.2) is 4.79 Å². The highest BCUT2D eigenvalue weighted by atomic mass is 16.6. The molecular weight excluding hydrogens is 450 g/mol. The van der Waals surface area contributed by atoms with Crippen LogP contribution < -0.4 is 10.6 Å². The molecule has 6 saturated carbocycles.